The number of fused-ring (bicyclic) bond motifs is 1. The highest BCUT2D eigenvalue weighted by molar-refractivity contribution is 7.15. The van der Waals surface area contributed by atoms with Gasteiger partial charge in [-0.1, -0.05) is 35.5 Å². The van der Waals surface area contributed by atoms with Crippen molar-refractivity contribution in [2.24, 2.45) is 0 Å². The zero-order valence-corrected chi connectivity index (χ0v) is 20.3. The number of aromatic nitrogens is 3. The predicted molar refractivity (Wildman–Crippen MR) is 132 cm³/mol. The summed E-state index contributed by atoms with van der Waals surface area (Å²) in [5.41, 5.74) is 3.36. The lowest BCUT2D eigenvalue weighted by Crippen LogP contribution is -2.30. The summed E-state index contributed by atoms with van der Waals surface area (Å²) in [6.45, 7) is 5.97. The van der Waals surface area contributed by atoms with Gasteiger partial charge in [0.1, 0.15) is 16.1 Å². The van der Waals surface area contributed by atoms with E-state index in [9.17, 15) is 14.4 Å². The minimum atomic E-state index is -1.11. The zero-order chi connectivity index (χ0) is 24.9. The van der Waals surface area contributed by atoms with Crippen molar-refractivity contribution in [1.29, 1.82) is 0 Å². The third-order valence-corrected chi connectivity index (χ3v) is 6.19. The van der Waals surface area contributed by atoms with E-state index >= 15 is 0 Å². The SMILES string of the molecule is CCOC(=O)c1c(-c2ccccc2)csc1NC(=O)[C@@H](C)OC(=O)c1ccc2c(c1)nnn2CC. The highest BCUT2D eigenvalue weighted by Crippen LogP contribution is 2.36. The summed E-state index contributed by atoms with van der Waals surface area (Å²) in [5.74, 6) is -1.77. The topological polar surface area (TPSA) is 112 Å². The Morgan fingerprint density at radius 2 is 1.86 bits per heavy atom. The van der Waals surface area contributed by atoms with Gasteiger partial charge in [-0.05, 0) is 44.5 Å². The van der Waals surface area contributed by atoms with Crippen LogP contribution in [0.3, 0.4) is 0 Å². The van der Waals surface area contributed by atoms with Gasteiger partial charge in [-0.3, -0.25) is 4.79 Å². The number of hydrogen-bond donors (Lipinski definition) is 1. The number of carbonyl (C=O) groups excluding carboxylic acids is 3. The molecule has 4 rings (SSSR count). The summed E-state index contributed by atoms with van der Waals surface area (Å²) >= 11 is 1.20. The Labute approximate surface area is 205 Å². The molecule has 10 heteroatoms. The van der Waals surface area contributed by atoms with Crippen molar-refractivity contribution in [3.63, 3.8) is 0 Å². The van der Waals surface area contributed by atoms with Gasteiger partial charge in [0, 0.05) is 17.5 Å². The van der Waals surface area contributed by atoms with Crippen LogP contribution in [0.5, 0.6) is 0 Å². The number of nitrogens with zero attached hydrogens (tertiary/aromatic N) is 3. The predicted octanol–water partition coefficient (Wildman–Crippen LogP) is 4.54. The van der Waals surface area contributed by atoms with Crippen LogP contribution in [0.2, 0.25) is 0 Å². The molecule has 2 aromatic carbocycles. The number of rotatable bonds is 8. The highest BCUT2D eigenvalue weighted by atomic mass is 32.1. The maximum atomic E-state index is 12.9. The highest BCUT2D eigenvalue weighted by Gasteiger charge is 2.26. The van der Waals surface area contributed by atoms with Crippen molar-refractivity contribution in [2.45, 2.75) is 33.4 Å². The summed E-state index contributed by atoms with van der Waals surface area (Å²) in [5, 5.41) is 12.9. The van der Waals surface area contributed by atoms with Gasteiger partial charge in [0.15, 0.2) is 6.10 Å². The van der Waals surface area contributed by atoms with Crippen LogP contribution in [0.15, 0.2) is 53.9 Å². The van der Waals surface area contributed by atoms with Crippen LogP contribution >= 0.6 is 11.3 Å². The molecule has 0 aliphatic carbocycles. The zero-order valence-electron chi connectivity index (χ0n) is 19.5. The van der Waals surface area contributed by atoms with E-state index in [-0.39, 0.29) is 17.7 Å². The van der Waals surface area contributed by atoms with Crippen LogP contribution in [0, 0.1) is 0 Å². The van der Waals surface area contributed by atoms with Crippen molar-refractivity contribution in [3.05, 3.63) is 65.0 Å². The number of ether oxygens (including phenoxy) is 2. The van der Waals surface area contributed by atoms with Crippen LogP contribution in [0.25, 0.3) is 22.2 Å². The second-order valence-electron chi connectivity index (χ2n) is 7.59. The Hall–Kier alpha value is -4.05. The minimum absolute atomic E-state index is 0.195. The third kappa shape index (κ3) is 5.07. The summed E-state index contributed by atoms with van der Waals surface area (Å²) in [6.07, 6.45) is -1.11. The average molecular weight is 493 g/mol. The molecule has 0 saturated heterocycles. The molecule has 4 aromatic rings. The first-order valence-electron chi connectivity index (χ1n) is 11.1. The van der Waals surface area contributed by atoms with Crippen LogP contribution in [0.4, 0.5) is 5.00 Å². The molecule has 0 unspecified atom stereocenters. The second kappa shape index (κ2) is 10.5. The molecule has 0 aliphatic rings. The van der Waals surface area contributed by atoms with Crippen LogP contribution in [-0.4, -0.2) is 45.6 Å². The van der Waals surface area contributed by atoms with E-state index in [1.54, 1.807) is 35.2 Å². The average Bonchev–Trinajstić information content (AvgIpc) is 3.48. The summed E-state index contributed by atoms with van der Waals surface area (Å²) in [6, 6.07) is 14.3. The number of thiophene rings is 1. The Balaban J connectivity index is 1.50. The number of nitrogens with one attached hydrogen (secondary N) is 1. The summed E-state index contributed by atoms with van der Waals surface area (Å²) in [7, 11) is 0. The van der Waals surface area contributed by atoms with Gasteiger partial charge in [-0.2, -0.15) is 0 Å². The van der Waals surface area contributed by atoms with E-state index in [4.69, 9.17) is 9.47 Å². The molecule has 0 bridgehead atoms. The monoisotopic (exact) mass is 492 g/mol. The first kappa shape index (κ1) is 24.1. The van der Waals surface area contributed by atoms with E-state index in [0.717, 1.165) is 11.1 Å². The molecule has 2 aromatic heterocycles. The Morgan fingerprint density at radius 1 is 1.09 bits per heavy atom. The lowest BCUT2D eigenvalue weighted by Gasteiger charge is -2.14. The Morgan fingerprint density at radius 3 is 2.57 bits per heavy atom. The standard InChI is InChI=1S/C25H24N4O5S/c1-4-29-20-12-11-17(13-19(20)27-28-29)24(31)34-15(3)22(30)26-23-21(25(32)33-5-2)18(14-35-23)16-9-7-6-8-10-16/h6-15H,4-5H2,1-3H3,(H,26,30)/t15-/m1/s1. The Bertz CT molecular complexity index is 1380. The number of amides is 1. The lowest BCUT2D eigenvalue weighted by molar-refractivity contribution is -0.123. The fraction of sp³-hybridized carbons (Fsp3) is 0.240. The second-order valence-corrected chi connectivity index (χ2v) is 8.47. The molecular formula is C25H24N4O5S. The molecular weight excluding hydrogens is 468 g/mol. The van der Waals surface area contributed by atoms with Crippen molar-refractivity contribution >= 4 is 45.2 Å². The number of esters is 2. The fourth-order valence-corrected chi connectivity index (χ4v) is 4.47. The van der Waals surface area contributed by atoms with Gasteiger partial charge < -0.3 is 14.8 Å². The molecule has 1 atom stereocenters. The third-order valence-electron chi connectivity index (χ3n) is 5.29. The Kier molecular flexibility index (Phi) is 7.21. The number of aryl methyl sites for hydroxylation is 1. The largest absolute Gasteiger partial charge is 0.462 e. The number of benzene rings is 2. The molecule has 9 nitrogen and oxygen atoms in total. The minimum Gasteiger partial charge on any atom is -0.462 e. The van der Waals surface area contributed by atoms with E-state index in [1.165, 1.54) is 18.3 Å². The summed E-state index contributed by atoms with van der Waals surface area (Å²) < 4.78 is 12.3. The van der Waals surface area contributed by atoms with Gasteiger partial charge in [0.25, 0.3) is 5.91 Å². The molecule has 1 N–H and O–H groups in total. The van der Waals surface area contributed by atoms with Crippen LogP contribution < -0.4 is 5.32 Å². The number of hydrogen-bond acceptors (Lipinski definition) is 8. The quantitative estimate of drug-likeness (QED) is 0.359. The van der Waals surface area contributed by atoms with E-state index in [2.05, 4.69) is 15.6 Å². The molecule has 0 spiro atoms. The first-order valence-corrected chi connectivity index (χ1v) is 12.0. The van der Waals surface area contributed by atoms with Gasteiger partial charge in [0.05, 0.1) is 17.7 Å². The van der Waals surface area contributed by atoms with Crippen molar-refractivity contribution in [2.75, 3.05) is 11.9 Å². The summed E-state index contributed by atoms with van der Waals surface area (Å²) in [4.78, 5) is 38.2. The molecule has 0 radical (unpaired) electrons. The van der Waals surface area contributed by atoms with Gasteiger partial charge in [-0.15, -0.1) is 16.4 Å². The smallest absolute Gasteiger partial charge is 0.341 e. The van der Waals surface area contributed by atoms with Gasteiger partial charge in [-0.25, -0.2) is 14.3 Å². The number of anilines is 1. The molecule has 35 heavy (non-hydrogen) atoms. The van der Waals surface area contributed by atoms with E-state index in [1.807, 2.05) is 37.3 Å². The molecule has 0 saturated carbocycles. The molecule has 0 fully saturated rings. The molecule has 180 valence electrons. The van der Waals surface area contributed by atoms with Crippen LogP contribution in [0.1, 0.15) is 41.5 Å². The van der Waals surface area contributed by atoms with Crippen molar-refractivity contribution < 1.29 is 23.9 Å². The fourth-order valence-electron chi connectivity index (χ4n) is 3.51. The lowest BCUT2D eigenvalue weighted by atomic mass is 10.0. The van der Waals surface area contributed by atoms with Crippen molar-refractivity contribution in [3.8, 4) is 11.1 Å². The maximum Gasteiger partial charge on any atom is 0.341 e. The van der Waals surface area contributed by atoms with Gasteiger partial charge >= 0.3 is 11.9 Å². The van der Waals surface area contributed by atoms with Gasteiger partial charge in [0.2, 0.25) is 0 Å². The maximum absolute atomic E-state index is 12.9. The normalized spacial score (nSPS) is 11.7. The first-order chi connectivity index (χ1) is 16.9. The molecule has 2 heterocycles. The van der Waals surface area contributed by atoms with E-state index in [0.29, 0.717) is 22.6 Å². The number of carbonyl (C=O) groups is 3. The molecule has 1 amide bonds. The molecule has 0 aliphatic heterocycles. The van der Waals surface area contributed by atoms with E-state index < -0.39 is 23.9 Å². The van der Waals surface area contributed by atoms with Crippen LogP contribution in [-0.2, 0) is 20.8 Å². The van der Waals surface area contributed by atoms with Crippen molar-refractivity contribution in [1.82, 2.24) is 15.0 Å².